The summed E-state index contributed by atoms with van der Waals surface area (Å²) in [4.78, 5) is 31.2. The van der Waals surface area contributed by atoms with Crippen LogP contribution >= 0.6 is 0 Å². The Hall–Kier alpha value is -4.42. The maximum absolute atomic E-state index is 13.5. The zero-order valence-corrected chi connectivity index (χ0v) is 51.7. The molecule has 0 aromatic heterocycles. The van der Waals surface area contributed by atoms with Crippen LogP contribution in [0.4, 0.5) is 0 Å². The molecule has 0 radical (unpaired) electrons. The van der Waals surface area contributed by atoms with Crippen molar-refractivity contribution in [1.82, 2.24) is 20.4 Å². The number of hydrogen-bond donors (Lipinski definition) is 6. The second-order valence-corrected chi connectivity index (χ2v) is 22.7. The van der Waals surface area contributed by atoms with Gasteiger partial charge in [0.1, 0.15) is 12.1 Å². The number of hydrogen-bond acceptors (Lipinski definition) is 8. The van der Waals surface area contributed by atoms with E-state index >= 15 is 0 Å². The summed E-state index contributed by atoms with van der Waals surface area (Å²) in [6, 6.07) is -1.24. The molecule has 10 nitrogen and oxygen atoms in total. The molecule has 1 rings (SSSR count). The van der Waals surface area contributed by atoms with Gasteiger partial charge >= 0.3 is 0 Å². The maximum atomic E-state index is 13.5. The molecule has 0 saturated carbocycles. The molecule has 1 aliphatic heterocycles. The van der Waals surface area contributed by atoms with E-state index in [0.29, 0.717) is 71.4 Å². The molecule has 452 valence electrons. The van der Waals surface area contributed by atoms with Crippen LogP contribution in [0.2, 0.25) is 0 Å². The minimum atomic E-state index is -0.623. The molecule has 9 atom stereocenters. The molecule has 10 heteroatoms. The van der Waals surface area contributed by atoms with Crippen LogP contribution in [0, 0.1) is 23.2 Å². The lowest BCUT2D eigenvalue weighted by Gasteiger charge is -2.32. The molecule has 0 aliphatic carbocycles. The first-order chi connectivity index (χ1) is 38.6. The van der Waals surface area contributed by atoms with Crippen LogP contribution in [-0.4, -0.2) is 118 Å². The molecule has 0 aromatic rings. The summed E-state index contributed by atoms with van der Waals surface area (Å²) in [6.07, 6.45) is 64.5. The Balaban J connectivity index is 2.92. The highest BCUT2D eigenvalue weighted by Gasteiger charge is 2.33. The topological polar surface area (TPSA) is 146 Å². The number of rotatable bonds is 47. The fourth-order valence-electron chi connectivity index (χ4n) is 9.40. The van der Waals surface area contributed by atoms with Gasteiger partial charge in [-0.05, 0) is 141 Å². The Morgan fingerprint density at radius 1 is 0.425 bits per heavy atom. The van der Waals surface area contributed by atoms with E-state index in [2.05, 4.69) is 208 Å². The third-order valence-corrected chi connectivity index (χ3v) is 14.4. The number of carbonyl (C=O) groups is 2. The van der Waals surface area contributed by atoms with Gasteiger partial charge in [0, 0.05) is 43.9 Å². The number of nitrogens with zero attached hydrogens (tertiary/aromatic N) is 2. The number of piperazine rings is 1. The Kier molecular flexibility index (Phi) is 44.3. The van der Waals surface area contributed by atoms with Crippen LogP contribution < -0.4 is 10.6 Å². The van der Waals surface area contributed by atoms with Gasteiger partial charge in [-0.2, -0.15) is 0 Å². The van der Waals surface area contributed by atoms with E-state index in [1.807, 2.05) is 20.8 Å². The van der Waals surface area contributed by atoms with Crippen molar-refractivity contribution < 1.29 is 30.0 Å². The summed E-state index contributed by atoms with van der Waals surface area (Å²) in [5.74, 6) is -0.562. The van der Waals surface area contributed by atoms with Crippen molar-refractivity contribution in [3.05, 3.63) is 146 Å². The molecular formula is C70H116N4O6. The maximum Gasteiger partial charge on any atom is 0.243 e. The van der Waals surface area contributed by atoms with E-state index in [-0.39, 0.29) is 35.0 Å². The SMILES string of the molecule is CC/C=C\C/C=C\C/C=C\C(C)C(O)CN(CCCCC1NC(=O)C(CCCCN(CC(O)C(C)/C=C\C/C=C\C/C=C\CC)CC(O)C(C)/C=C\C/C=C\C/C=C\CC)NC1=O)CC(O)CC(C)(C)/C=C\C/C=C\C/C=C\CC. The van der Waals surface area contributed by atoms with Crippen molar-refractivity contribution in [1.29, 1.82) is 0 Å². The monoisotopic (exact) mass is 1110 g/mol. The van der Waals surface area contributed by atoms with Crippen molar-refractivity contribution in [3.63, 3.8) is 0 Å². The minimum Gasteiger partial charge on any atom is -0.392 e. The van der Waals surface area contributed by atoms with Gasteiger partial charge in [0.15, 0.2) is 0 Å². The standard InChI is InChI=1S/C70H116N4O6/c1-10-14-18-22-26-30-34-38-46-59(5)65(76)56-73(55-62(75)54-70(8,9)51-43-37-33-29-25-21-17-13-4)52-44-41-49-63-68(79)72-64(69(80)71-63)50-42-45-53-74(57-66(77)60(6)47-39-35-31-27-23-19-15-11-2)58-67(78)61(7)48-40-36-32-28-24-20-16-12-3/h14-21,26-33,38-40,43,46-48,51,59-67,75-78H,10-13,22-25,34-37,41-42,44-45,49-50,52-58H2,1-9H3,(H,71,80)(H,72,79)/b18-14-,19-15-,20-16-,21-17-,30-26-,31-27-,32-28-,33-29-,46-38-,47-39-,48-40-,51-43-. The molecule has 1 heterocycles. The smallest absolute Gasteiger partial charge is 0.243 e. The van der Waals surface area contributed by atoms with Gasteiger partial charge in [-0.1, -0.05) is 208 Å². The summed E-state index contributed by atoms with van der Waals surface area (Å²) in [7, 11) is 0. The first-order valence-electron chi connectivity index (χ1n) is 31.2. The first kappa shape index (κ1) is 73.6. The zero-order valence-electron chi connectivity index (χ0n) is 51.7. The average molecular weight is 1110 g/mol. The highest BCUT2D eigenvalue weighted by molar-refractivity contribution is 5.96. The molecule has 1 saturated heterocycles. The second kappa shape index (κ2) is 48.1. The Morgan fingerprint density at radius 3 is 1.04 bits per heavy atom. The Bertz CT molecular complexity index is 1900. The molecule has 0 aromatic carbocycles. The van der Waals surface area contributed by atoms with Crippen molar-refractivity contribution >= 4 is 11.8 Å². The zero-order chi connectivity index (χ0) is 59.1. The van der Waals surface area contributed by atoms with Crippen LogP contribution in [0.25, 0.3) is 0 Å². The van der Waals surface area contributed by atoms with E-state index in [0.717, 1.165) is 89.9 Å². The lowest BCUT2D eigenvalue weighted by Crippen LogP contribution is -2.61. The third kappa shape index (κ3) is 39.1. The van der Waals surface area contributed by atoms with Crippen molar-refractivity contribution in [2.24, 2.45) is 23.2 Å². The van der Waals surface area contributed by atoms with E-state index in [9.17, 15) is 30.0 Å². The number of amides is 2. The fraction of sp³-hybridized carbons (Fsp3) is 0.629. The number of allylic oxidation sites excluding steroid dienone is 21. The van der Waals surface area contributed by atoms with E-state index in [4.69, 9.17) is 0 Å². The average Bonchev–Trinajstić information content (AvgIpc) is 3.44. The summed E-state index contributed by atoms with van der Waals surface area (Å²) in [6.45, 7) is 21.8. The van der Waals surface area contributed by atoms with Gasteiger partial charge in [-0.15, -0.1) is 0 Å². The highest BCUT2D eigenvalue weighted by Crippen LogP contribution is 2.26. The van der Waals surface area contributed by atoms with Gasteiger partial charge in [-0.25, -0.2) is 0 Å². The predicted molar refractivity (Wildman–Crippen MR) is 342 cm³/mol. The largest absolute Gasteiger partial charge is 0.392 e. The molecule has 2 amide bonds. The molecule has 6 N–H and O–H groups in total. The Labute approximate surface area is 489 Å². The minimum absolute atomic E-state index is 0.0721. The second-order valence-electron chi connectivity index (χ2n) is 22.7. The molecule has 1 fully saturated rings. The fourth-order valence-corrected chi connectivity index (χ4v) is 9.40. The van der Waals surface area contributed by atoms with Gasteiger partial charge in [-0.3, -0.25) is 19.4 Å². The van der Waals surface area contributed by atoms with Crippen LogP contribution in [0.15, 0.2) is 146 Å². The van der Waals surface area contributed by atoms with Gasteiger partial charge < -0.3 is 31.1 Å². The van der Waals surface area contributed by atoms with Gasteiger partial charge in [0.2, 0.25) is 11.8 Å². The summed E-state index contributed by atoms with van der Waals surface area (Å²) >= 11 is 0. The van der Waals surface area contributed by atoms with Gasteiger partial charge in [0.25, 0.3) is 0 Å². The number of carbonyl (C=O) groups excluding carboxylic acids is 2. The van der Waals surface area contributed by atoms with Crippen LogP contribution in [0.1, 0.15) is 184 Å². The third-order valence-electron chi connectivity index (χ3n) is 14.4. The quantitative estimate of drug-likeness (QED) is 0.0261. The lowest BCUT2D eigenvalue weighted by atomic mass is 9.85. The van der Waals surface area contributed by atoms with E-state index in [1.165, 1.54) is 0 Å². The molecule has 0 spiro atoms. The summed E-state index contributed by atoms with van der Waals surface area (Å²) in [5, 5.41) is 51.6. The van der Waals surface area contributed by atoms with Crippen LogP contribution in [-0.2, 0) is 9.59 Å². The van der Waals surface area contributed by atoms with E-state index < -0.39 is 36.5 Å². The lowest BCUT2D eigenvalue weighted by molar-refractivity contribution is -0.137. The number of aliphatic hydroxyl groups is 4. The molecule has 0 bridgehead atoms. The van der Waals surface area contributed by atoms with Crippen molar-refractivity contribution in [2.45, 2.75) is 221 Å². The predicted octanol–water partition coefficient (Wildman–Crippen LogP) is 14.1. The molecule has 1 aliphatic rings. The van der Waals surface area contributed by atoms with Crippen molar-refractivity contribution in [3.8, 4) is 0 Å². The Morgan fingerprint density at radius 2 is 0.713 bits per heavy atom. The van der Waals surface area contributed by atoms with Crippen LogP contribution in [0.5, 0.6) is 0 Å². The number of aliphatic hydroxyl groups excluding tert-OH is 4. The highest BCUT2D eigenvalue weighted by atomic mass is 16.3. The molecule has 9 unspecified atom stereocenters. The summed E-state index contributed by atoms with van der Waals surface area (Å²) in [5.41, 5.74) is -0.215. The summed E-state index contributed by atoms with van der Waals surface area (Å²) < 4.78 is 0. The van der Waals surface area contributed by atoms with Crippen molar-refractivity contribution in [2.75, 3.05) is 39.3 Å². The normalized spacial score (nSPS) is 19.1. The van der Waals surface area contributed by atoms with E-state index in [1.54, 1.807) is 0 Å². The first-order valence-corrected chi connectivity index (χ1v) is 31.2. The number of unbranched alkanes of at least 4 members (excludes halogenated alkanes) is 2. The number of nitrogens with one attached hydrogen (secondary N) is 2. The van der Waals surface area contributed by atoms with Crippen LogP contribution in [0.3, 0.4) is 0 Å². The molecular weight excluding hydrogens is 993 g/mol. The van der Waals surface area contributed by atoms with Gasteiger partial charge in [0.05, 0.1) is 24.4 Å². The molecule has 80 heavy (non-hydrogen) atoms.